The van der Waals surface area contributed by atoms with Gasteiger partial charge < -0.3 is 5.73 Å². The molecule has 0 bridgehead atoms. The fraction of sp³-hybridized carbons (Fsp3) is 0.138. The van der Waals surface area contributed by atoms with Crippen molar-refractivity contribution in [3.05, 3.63) is 256 Å². The van der Waals surface area contributed by atoms with Gasteiger partial charge in [-0.15, -0.1) is 22.7 Å². The maximum Gasteiger partial charge on any atom is 0.175 e. The Morgan fingerprint density at radius 3 is 1.23 bits per heavy atom. The number of nitrogens with two attached hydrogens (primary N) is 1. The van der Waals surface area contributed by atoms with E-state index in [-0.39, 0.29) is 12.3 Å². The van der Waals surface area contributed by atoms with Crippen molar-refractivity contribution in [1.29, 1.82) is 0 Å². The second-order valence-corrected chi connectivity index (χ2v) is 29.5. The lowest BCUT2D eigenvalue weighted by Gasteiger charge is -2.18. The number of thiophene rings is 2. The molecule has 0 aliphatic heterocycles. The molecule has 0 aliphatic rings. The predicted octanol–water partition coefficient (Wildman–Crippen LogP) is 16.5. The van der Waals surface area contributed by atoms with Crippen molar-refractivity contribution in [2.24, 2.45) is 10.8 Å². The number of nitrogens with zero attached hydrogens (tertiary/aromatic N) is 7. The maximum absolute atomic E-state index is 12.0. The highest BCUT2D eigenvalue weighted by atomic mass is 35.5. The van der Waals surface area contributed by atoms with Gasteiger partial charge in [-0.2, -0.15) is 10.2 Å². The number of hydrogen-bond acceptors (Lipinski definition) is 10. The first-order chi connectivity index (χ1) is 39.6. The van der Waals surface area contributed by atoms with Gasteiger partial charge >= 0.3 is 0 Å². The molecule has 7 aromatic carbocycles. The van der Waals surface area contributed by atoms with E-state index < -0.39 is 38.7 Å². The average Bonchev–Trinajstić information content (AvgIpc) is 2.90. The summed E-state index contributed by atoms with van der Waals surface area (Å²) in [5.74, 6) is 0. The first kappa shape index (κ1) is 62.6. The summed E-state index contributed by atoms with van der Waals surface area (Å²) in [4.78, 5) is 7.29. The van der Waals surface area contributed by atoms with Crippen LogP contribution in [-0.4, -0.2) is 48.9 Å². The Bertz CT molecular complexity index is 4250. The quantitative estimate of drug-likeness (QED) is 0.0487. The standard InChI is InChI=1S/C23H20ClN5O2S2.C23H22ClN3O2S2.C18H15P.CH4/c1-23(2,27-28-25)22-14-19(29(26-22)18-10-5-4-9-17(18)24)21-12-11-20(32-21)15-7-6-8-16(13-15)33(3,30)31;1-23(2,25)22-14-19(27(26-22)18-10-5-4-9-17(18)24)21-12-11-20(30-21)15-7-6-8-16(13-15)31(3,28)29;1-4-10-16(11-5-1)19(17-12-6-2-7-13-17)18-14-8-3-9-15-18;/h4-14H,1-3H3;4-14H,25H2,1-3H3;1-15H;1H4. The van der Waals surface area contributed by atoms with Gasteiger partial charge in [0.1, 0.15) is 0 Å². The summed E-state index contributed by atoms with van der Waals surface area (Å²) in [7, 11) is -7.03. The summed E-state index contributed by atoms with van der Waals surface area (Å²) in [6.45, 7) is 7.41. The second kappa shape index (κ2) is 26.6. The van der Waals surface area contributed by atoms with Crippen LogP contribution in [0.15, 0.2) is 239 Å². The fourth-order valence-corrected chi connectivity index (χ4v) is 14.8. The third kappa shape index (κ3) is 14.9. The first-order valence-electron chi connectivity index (χ1n) is 25.9. The van der Waals surface area contributed by atoms with Gasteiger partial charge in [0.05, 0.1) is 74.8 Å². The third-order valence-corrected chi connectivity index (χ3v) is 20.6. The number of sulfone groups is 2. The molecule has 0 amide bonds. The zero-order valence-electron chi connectivity index (χ0n) is 46.0. The van der Waals surface area contributed by atoms with Gasteiger partial charge in [0, 0.05) is 27.2 Å². The Kier molecular flexibility index (Phi) is 19.8. The van der Waals surface area contributed by atoms with Crippen LogP contribution in [0.3, 0.4) is 0 Å². The highest BCUT2D eigenvalue weighted by molar-refractivity contribution is 7.91. The van der Waals surface area contributed by atoms with Crippen LogP contribution in [0.5, 0.6) is 0 Å². The first-order valence-corrected chi connectivity index (χ1v) is 33.4. The van der Waals surface area contributed by atoms with Crippen LogP contribution in [0.2, 0.25) is 10.0 Å². The van der Waals surface area contributed by atoms with E-state index in [1.54, 1.807) is 72.3 Å². The van der Waals surface area contributed by atoms with Gasteiger partial charge in [0.25, 0.3) is 0 Å². The van der Waals surface area contributed by atoms with Gasteiger partial charge in [-0.05, 0) is 153 Å². The average molecular weight is 1250 g/mol. The monoisotopic (exact) mass is 1250 g/mol. The number of rotatable bonds is 14. The van der Waals surface area contributed by atoms with Crippen LogP contribution in [0, 0.1) is 0 Å². The minimum Gasteiger partial charge on any atom is -0.321 e. The highest BCUT2D eigenvalue weighted by Crippen LogP contribution is 2.41. The Balaban J connectivity index is 0.000000169. The number of para-hydroxylation sites is 2. The van der Waals surface area contributed by atoms with Crippen LogP contribution in [0.1, 0.15) is 46.5 Å². The van der Waals surface area contributed by atoms with Crippen molar-refractivity contribution in [1.82, 2.24) is 19.6 Å². The zero-order valence-corrected chi connectivity index (χ0v) is 51.7. The molecule has 0 fully saturated rings. The Hall–Kier alpha value is -7.46. The van der Waals surface area contributed by atoms with E-state index in [2.05, 4.69) is 101 Å². The summed E-state index contributed by atoms with van der Waals surface area (Å²) in [6, 6.07) is 72.8. The van der Waals surface area contributed by atoms with Gasteiger partial charge in [-0.25, -0.2) is 26.2 Å². The lowest BCUT2D eigenvalue weighted by molar-refractivity contribution is 0.525. The fourth-order valence-electron chi connectivity index (χ4n) is 8.70. The third-order valence-electron chi connectivity index (χ3n) is 13.0. The van der Waals surface area contributed by atoms with Crippen molar-refractivity contribution in [3.8, 4) is 53.4 Å². The van der Waals surface area contributed by atoms with E-state index in [0.717, 1.165) is 53.4 Å². The molecule has 0 atom stereocenters. The van der Waals surface area contributed by atoms with Gasteiger partial charge in [0.2, 0.25) is 0 Å². The Morgan fingerprint density at radius 2 is 0.857 bits per heavy atom. The molecule has 0 saturated heterocycles. The number of aromatic nitrogens is 4. The summed E-state index contributed by atoms with van der Waals surface area (Å²) < 4.78 is 51.4. The van der Waals surface area contributed by atoms with E-state index in [4.69, 9.17) is 44.7 Å². The van der Waals surface area contributed by atoms with E-state index in [1.807, 2.05) is 110 Å². The number of azide groups is 1. The van der Waals surface area contributed by atoms with Crippen LogP contribution >= 0.6 is 53.8 Å². The molecule has 0 spiro atoms. The van der Waals surface area contributed by atoms with Crippen LogP contribution in [0.4, 0.5) is 0 Å². The van der Waals surface area contributed by atoms with Crippen molar-refractivity contribution >= 4 is 89.4 Å². The predicted molar refractivity (Wildman–Crippen MR) is 352 cm³/mol. The van der Waals surface area contributed by atoms with Crippen LogP contribution in [-0.2, 0) is 30.8 Å². The van der Waals surface area contributed by atoms with Gasteiger partial charge in [-0.1, -0.05) is 175 Å². The summed E-state index contributed by atoms with van der Waals surface area (Å²) in [5, 5.41) is 18.7. The molecular formula is C65H61Cl2N8O4PS4. The molecule has 0 radical (unpaired) electrons. The molecular weight excluding hydrogens is 1190 g/mol. The SMILES string of the molecule is C.CC(C)(N)c1cc(-c2ccc(-c3cccc(S(C)(=O)=O)c3)s2)n(-c2ccccc2Cl)n1.CC(C)(N=[N+]=[N-])c1cc(-c2ccc(-c3cccc(S(C)(=O)=O)c3)s2)n(-c2ccccc2Cl)n1.c1ccc(P(c2ccccc2)c2ccccc2)cc1. The Labute approximate surface area is 511 Å². The molecule has 19 heteroatoms. The highest BCUT2D eigenvalue weighted by Gasteiger charge is 2.27. The summed E-state index contributed by atoms with van der Waals surface area (Å²) in [6.07, 6.45) is 2.41. The Morgan fingerprint density at radius 1 is 0.500 bits per heavy atom. The number of halogens is 2. The lowest BCUT2D eigenvalue weighted by Crippen LogP contribution is -2.29. The van der Waals surface area contributed by atoms with E-state index in [1.165, 1.54) is 39.8 Å². The lowest BCUT2D eigenvalue weighted by atomic mass is 10.0. The molecule has 0 saturated carbocycles. The van der Waals surface area contributed by atoms with Crippen molar-refractivity contribution in [2.45, 2.75) is 56.0 Å². The number of benzene rings is 7. The molecule has 12 nitrogen and oxygen atoms in total. The molecule has 428 valence electrons. The zero-order chi connectivity index (χ0) is 59.1. The van der Waals surface area contributed by atoms with E-state index >= 15 is 0 Å². The molecule has 84 heavy (non-hydrogen) atoms. The minimum atomic E-state index is -3.31. The smallest absolute Gasteiger partial charge is 0.175 e. The maximum atomic E-state index is 12.0. The minimum absolute atomic E-state index is 0. The molecule has 0 unspecified atom stereocenters. The molecule has 4 aromatic heterocycles. The molecule has 4 heterocycles. The van der Waals surface area contributed by atoms with E-state index in [9.17, 15) is 16.8 Å². The summed E-state index contributed by atoms with van der Waals surface area (Å²) in [5.41, 5.74) is 20.0. The molecule has 2 N–H and O–H groups in total. The van der Waals surface area contributed by atoms with Crippen LogP contribution < -0.4 is 21.6 Å². The molecule has 0 aliphatic carbocycles. The van der Waals surface area contributed by atoms with Crippen molar-refractivity contribution in [3.63, 3.8) is 0 Å². The second-order valence-electron chi connectivity index (χ2n) is 20.3. The molecule has 11 aromatic rings. The van der Waals surface area contributed by atoms with Crippen LogP contribution in [0.25, 0.3) is 63.8 Å². The largest absolute Gasteiger partial charge is 0.321 e. The van der Waals surface area contributed by atoms with Crippen molar-refractivity contribution in [2.75, 3.05) is 12.5 Å². The van der Waals surface area contributed by atoms with Gasteiger partial charge in [-0.3, -0.25) is 0 Å². The number of hydrogen-bond donors (Lipinski definition) is 1. The molecule has 11 rings (SSSR count). The van der Waals surface area contributed by atoms with E-state index in [0.29, 0.717) is 26.3 Å². The topological polar surface area (TPSA) is 179 Å². The summed E-state index contributed by atoms with van der Waals surface area (Å²) >= 11 is 16.0. The van der Waals surface area contributed by atoms with Crippen molar-refractivity contribution < 1.29 is 16.8 Å². The normalized spacial score (nSPS) is 11.6. The van der Waals surface area contributed by atoms with Gasteiger partial charge in [0.15, 0.2) is 19.7 Å².